The van der Waals surface area contributed by atoms with E-state index in [1.807, 2.05) is 73.6 Å². The fourth-order valence-electron chi connectivity index (χ4n) is 2.40. The second kappa shape index (κ2) is 6.29. The molecule has 0 aliphatic carbocycles. The van der Waals surface area contributed by atoms with E-state index in [0.717, 1.165) is 27.8 Å². The van der Waals surface area contributed by atoms with Gasteiger partial charge < -0.3 is 4.90 Å². The van der Waals surface area contributed by atoms with Crippen LogP contribution in [0.3, 0.4) is 0 Å². The highest BCUT2D eigenvalue weighted by Gasteiger charge is 2.08. The molecule has 0 radical (unpaired) electrons. The Hall–Kier alpha value is -3.19. The van der Waals surface area contributed by atoms with Gasteiger partial charge in [0.25, 0.3) is 0 Å². The number of nitriles is 1. The van der Waals surface area contributed by atoms with E-state index in [9.17, 15) is 5.26 Å². The third-order valence-corrected chi connectivity index (χ3v) is 3.62. The summed E-state index contributed by atoms with van der Waals surface area (Å²) in [7, 11) is 3.98. The Morgan fingerprint density at radius 1 is 1.04 bits per heavy atom. The van der Waals surface area contributed by atoms with Crippen molar-refractivity contribution in [2.75, 3.05) is 19.0 Å². The molecular weight excluding hydrogens is 284 g/mol. The Morgan fingerprint density at radius 3 is 2.48 bits per heavy atom. The van der Waals surface area contributed by atoms with Crippen molar-refractivity contribution in [3.05, 3.63) is 66.4 Å². The number of fused-ring (bicyclic) bond motifs is 1. The summed E-state index contributed by atoms with van der Waals surface area (Å²) in [6.07, 6.45) is 1.71. The van der Waals surface area contributed by atoms with Crippen LogP contribution in [-0.2, 0) is 0 Å². The highest BCUT2D eigenvalue weighted by molar-refractivity contribution is 6.18. The third-order valence-electron chi connectivity index (χ3n) is 3.62. The van der Waals surface area contributed by atoms with Crippen molar-refractivity contribution in [3.8, 4) is 6.07 Å². The number of pyridine rings is 1. The van der Waals surface area contributed by atoms with E-state index in [1.54, 1.807) is 6.20 Å². The van der Waals surface area contributed by atoms with Crippen LogP contribution >= 0.6 is 0 Å². The van der Waals surface area contributed by atoms with E-state index < -0.39 is 0 Å². The normalized spacial score (nSPS) is 11.3. The Labute approximate surface area is 135 Å². The fraction of sp³-hybridized carbons (Fsp3) is 0.105. The van der Waals surface area contributed by atoms with Crippen LogP contribution in [-0.4, -0.2) is 24.8 Å². The van der Waals surface area contributed by atoms with E-state index in [0.29, 0.717) is 5.71 Å². The summed E-state index contributed by atoms with van der Waals surface area (Å²) in [4.78, 5) is 10.9. The summed E-state index contributed by atoms with van der Waals surface area (Å²) in [5, 5.41) is 10.5. The predicted octanol–water partition coefficient (Wildman–Crippen LogP) is 3.95. The molecule has 4 nitrogen and oxygen atoms in total. The average Bonchev–Trinajstić information content (AvgIpc) is 2.59. The molecule has 0 atom stereocenters. The lowest BCUT2D eigenvalue weighted by Gasteiger charge is -2.11. The molecule has 0 N–H and O–H groups in total. The Kier molecular flexibility index (Phi) is 4.03. The molecule has 2 aromatic carbocycles. The van der Waals surface area contributed by atoms with Crippen LogP contribution in [0.2, 0.25) is 0 Å². The summed E-state index contributed by atoms with van der Waals surface area (Å²) in [5.74, 6) is 0. The average molecular weight is 300 g/mol. The van der Waals surface area contributed by atoms with Crippen LogP contribution in [0.5, 0.6) is 0 Å². The Bertz CT molecular complexity index is 897. The molecule has 3 aromatic rings. The SMILES string of the molecule is CN(C)c1ccc(N=C(C#N)c2ccnc3ccccc23)cc1. The van der Waals surface area contributed by atoms with E-state index in [2.05, 4.69) is 16.0 Å². The van der Waals surface area contributed by atoms with Crippen LogP contribution in [0.25, 0.3) is 10.9 Å². The monoisotopic (exact) mass is 300 g/mol. The molecule has 0 aliphatic rings. The summed E-state index contributed by atoms with van der Waals surface area (Å²) >= 11 is 0. The molecule has 112 valence electrons. The van der Waals surface area contributed by atoms with Gasteiger partial charge >= 0.3 is 0 Å². The molecule has 0 unspecified atom stereocenters. The third kappa shape index (κ3) is 3.04. The minimum atomic E-state index is 0.390. The van der Waals surface area contributed by atoms with Crippen molar-refractivity contribution in [2.45, 2.75) is 0 Å². The Morgan fingerprint density at radius 2 is 1.78 bits per heavy atom. The molecule has 1 aromatic heterocycles. The number of aliphatic imine (C=N–C) groups is 1. The van der Waals surface area contributed by atoms with Crippen LogP contribution < -0.4 is 4.90 Å². The first-order valence-corrected chi connectivity index (χ1v) is 7.29. The van der Waals surface area contributed by atoms with E-state index >= 15 is 0 Å². The second-order valence-electron chi connectivity index (χ2n) is 5.36. The van der Waals surface area contributed by atoms with Gasteiger partial charge in [0.1, 0.15) is 11.8 Å². The van der Waals surface area contributed by atoms with Gasteiger partial charge in [0.2, 0.25) is 0 Å². The largest absolute Gasteiger partial charge is 0.378 e. The minimum absolute atomic E-state index is 0.390. The number of rotatable bonds is 3. The van der Waals surface area contributed by atoms with E-state index in [-0.39, 0.29) is 0 Å². The van der Waals surface area contributed by atoms with Crippen LogP contribution in [0.15, 0.2) is 65.8 Å². The first kappa shape index (κ1) is 14.7. The highest BCUT2D eigenvalue weighted by atomic mass is 15.1. The zero-order valence-electron chi connectivity index (χ0n) is 13.1. The quantitative estimate of drug-likeness (QED) is 0.688. The van der Waals surface area contributed by atoms with Gasteiger partial charge in [-0.1, -0.05) is 18.2 Å². The molecule has 0 fully saturated rings. The van der Waals surface area contributed by atoms with E-state index in [4.69, 9.17) is 0 Å². The van der Waals surface area contributed by atoms with E-state index in [1.165, 1.54) is 0 Å². The Balaban J connectivity index is 2.06. The van der Waals surface area contributed by atoms with Crippen LogP contribution in [0.4, 0.5) is 11.4 Å². The lowest BCUT2D eigenvalue weighted by molar-refractivity contribution is 1.13. The standard InChI is InChI=1S/C19H16N4/c1-23(2)15-9-7-14(8-10-15)22-19(13-20)17-11-12-21-18-6-4-3-5-16(17)18/h3-12H,1-2H3. The number of benzene rings is 2. The molecule has 0 saturated heterocycles. The summed E-state index contributed by atoms with van der Waals surface area (Å²) < 4.78 is 0. The molecule has 0 spiro atoms. The number of hydrogen-bond acceptors (Lipinski definition) is 4. The van der Waals surface area contributed by atoms with Crippen molar-refractivity contribution in [1.82, 2.24) is 4.98 Å². The smallest absolute Gasteiger partial charge is 0.149 e. The van der Waals surface area contributed by atoms with Gasteiger partial charge in [-0.2, -0.15) is 5.26 Å². The molecule has 1 heterocycles. The van der Waals surface area contributed by atoms with Crippen LogP contribution in [0.1, 0.15) is 5.56 Å². The summed E-state index contributed by atoms with van der Waals surface area (Å²) in [5.41, 5.74) is 3.90. The van der Waals surface area contributed by atoms with Gasteiger partial charge in [-0.3, -0.25) is 4.98 Å². The molecule has 0 bridgehead atoms. The minimum Gasteiger partial charge on any atom is -0.378 e. The van der Waals surface area contributed by atoms with Crippen molar-refractivity contribution in [3.63, 3.8) is 0 Å². The maximum absolute atomic E-state index is 9.53. The molecule has 0 aliphatic heterocycles. The first-order valence-electron chi connectivity index (χ1n) is 7.29. The van der Waals surface area contributed by atoms with Crippen molar-refractivity contribution < 1.29 is 0 Å². The lowest BCUT2D eigenvalue weighted by Crippen LogP contribution is -2.07. The van der Waals surface area contributed by atoms with Gasteiger partial charge in [-0.15, -0.1) is 0 Å². The topological polar surface area (TPSA) is 52.3 Å². The zero-order chi connectivity index (χ0) is 16.2. The van der Waals surface area contributed by atoms with Crippen molar-refractivity contribution >= 4 is 28.0 Å². The first-order chi connectivity index (χ1) is 11.2. The van der Waals surface area contributed by atoms with Crippen molar-refractivity contribution in [1.29, 1.82) is 5.26 Å². The molecule has 3 rings (SSSR count). The molecular formula is C19H16N4. The molecule has 4 heteroatoms. The second-order valence-corrected chi connectivity index (χ2v) is 5.36. The maximum Gasteiger partial charge on any atom is 0.149 e. The van der Waals surface area contributed by atoms with Gasteiger partial charge in [0.15, 0.2) is 0 Å². The number of anilines is 1. The highest BCUT2D eigenvalue weighted by Crippen LogP contribution is 2.22. The summed E-state index contributed by atoms with van der Waals surface area (Å²) in [6, 6.07) is 19.6. The number of nitrogens with zero attached hydrogens (tertiary/aromatic N) is 4. The van der Waals surface area contributed by atoms with Gasteiger partial charge in [-0.05, 0) is 36.4 Å². The van der Waals surface area contributed by atoms with Crippen LogP contribution in [0, 0.1) is 11.3 Å². The van der Waals surface area contributed by atoms with Crippen molar-refractivity contribution in [2.24, 2.45) is 4.99 Å². The fourth-order valence-corrected chi connectivity index (χ4v) is 2.40. The predicted molar refractivity (Wildman–Crippen MR) is 94.3 cm³/mol. The van der Waals surface area contributed by atoms with Gasteiger partial charge in [0, 0.05) is 36.9 Å². The lowest BCUT2D eigenvalue weighted by atomic mass is 10.1. The maximum atomic E-state index is 9.53. The van der Waals surface area contributed by atoms with Gasteiger partial charge in [-0.25, -0.2) is 4.99 Å². The number of para-hydroxylation sites is 1. The number of hydrogen-bond donors (Lipinski definition) is 0. The molecule has 23 heavy (non-hydrogen) atoms. The summed E-state index contributed by atoms with van der Waals surface area (Å²) in [6.45, 7) is 0. The molecule has 0 amide bonds. The van der Waals surface area contributed by atoms with Gasteiger partial charge in [0.05, 0.1) is 11.2 Å². The molecule has 0 saturated carbocycles. The zero-order valence-corrected chi connectivity index (χ0v) is 13.1. The number of aromatic nitrogens is 1.